The number of amides is 2. The maximum Gasteiger partial charge on any atom is 0.222 e. The number of aromatic hydroxyl groups is 2. The van der Waals surface area contributed by atoms with Crippen molar-refractivity contribution in [3.63, 3.8) is 0 Å². The minimum absolute atomic E-state index is 0.0804. The number of nitrogens with one attached hydrogen (secondary N) is 1. The van der Waals surface area contributed by atoms with E-state index in [0.29, 0.717) is 36.9 Å². The summed E-state index contributed by atoms with van der Waals surface area (Å²) in [6, 6.07) is 5.38. The van der Waals surface area contributed by atoms with Crippen LogP contribution in [0.5, 0.6) is 11.5 Å². The summed E-state index contributed by atoms with van der Waals surface area (Å²) in [5, 5.41) is 30.7. The lowest BCUT2D eigenvalue weighted by atomic mass is 9.99. The average Bonchev–Trinajstić information content (AvgIpc) is 3.17. The summed E-state index contributed by atoms with van der Waals surface area (Å²) in [6.07, 6.45) is 1.56. The van der Waals surface area contributed by atoms with Gasteiger partial charge >= 0.3 is 0 Å². The van der Waals surface area contributed by atoms with Gasteiger partial charge in [0.1, 0.15) is 11.6 Å². The number of likely N-dealkylation sites (tertiary alicyclic amines) is 1. The highest BCUT2D eigenvalue weighted by molar-refractivity contribution is 5.76. The second kappa shape index (κ2) is 11.6. The topological polar surface area (TPSA) is 110 Å². The van der Waals surface area contributed by atoms with Crippen molar-refractivity contribution in [2.24, 2.45) is 5.92 Å². The molecule has 0 aliphatic carbocycles. The van der Waals surface area contributed by atoms with Crippen LogP contribution in [0.4, 0.5) is 8.78 Å². The van der Waals surface area contributed by atoms with Crippen LogP contribution in [-0.2, 0) is 9.59 Å². The molecule has 1 fully saturated rings. The zero-order valence-corrected chi connectivity index (χ0v) is 18.9. The van der Waals surface area contributed by atoms with Crippen molar-refractivity contribution < 1.29 is 33.7 Å². The van der Waals surface area contributed by atoms with Gasteiger partial charge in [-0.3, -0.25) is 9.59 Å². The van der Waals surface area contributed by atoms with Crippen LogP contribution in [0.3, 0.4) is 0 Å². The third-order valence-corrected chi connectivity index (χ3v) is 5.26. The molecule has 1 heterocycles. The highest BCUT2D eigenvalue weighted by Crippen LogP contribution is 2.33. The standard InChI is InChI=1S/C15H13F2NO3.C9H17NO2/c1-8(18-7-19)10-3-2-9(4-14(10)20)11-5-13(17)15(21)6-12(11)16;1-7(2)5-9(12)10-4-3-8(11)6-10/h2-8,20-21H,1H3,(H,18,19);7-8,11H,3-6H2,1-2H3. The summed E-state index contributed by atoms with van der Waals surface area (Å²) in [6.45, 7) is 7.00. The number of hydrogen-bond acceptors (Lipinski definition) is 5. The fourth-order valence-corrected chi connectivity index (χ4v) is 3.47. The molecule has 3 rings (SSSR count). The highest BCUT2D eigenvalue weighted by atomic mass is 19.1. The number of carbonyl (C=O) groups is 2. The molecule has 0 saturated carbocycles. The molecule has 2 aromatic carbocycles. The summed E-state index contributed by atoms with van der Waals surface area (Å²) in [5.41, 5.74) is 0.625. The van der Waals surface area contributed by atoms with Gasteiger partial charge in [0.15, 0.2) is 11.6 Å². The zero-order chi connectivity index (χ0) is 24.7. The molecule has 2 unspecified atom stereocenters. The molecule has 1 aliphatic heterocycles. The Balaban J connectivity index is 0.000000273. The summed E-state index contributed by atoms with van der Waals surface area (Å²) in [4.78, 5) is 23.6. The van der Waals surface area contributed by atoms with Crippen LogP contribution in [0, 0.1) is 17.6 Å². The SMILES string of the molecule is CC(C)CC(=O)N1CCC(O)C1.CC(NC=O)c1ccc(-c2cc(F)c(O)cc2F)cc1O. The van der Waals surface area contributed by atoms with Crippen LogP contribution < -0.4 is 5.32 Å². The number of aliphatic hydroxyl groups is 1. The second-order valence-electron chi connectivity index (χ2n) is 8.44. The number of benzene rings is 2. The molecule has 9 heteroatoms. The number of halogens is 2. The fraction of sp³-hybridized carbons (Fsp3) is 0.417. The van der Waals surface area contributed by atoms with Crippen molar-refractivity contribution in [2.75, 3.05) is 13.1 Å². The van der Waals surface area contributed by atoms with Crippen molar-refractivity contribution in [1.82, 2.24) is 10.2 Å². The van der Waals surface area contributed by atoms with Gasteiger partial charge in [-0.15, -0.1) is 0 Å². The largest absolute Gasteiger partial charge is 0.508 e. The zero-order valence-electron chi connectivity index (χ0n) is 18.9. The molecule has 7 nitrogen and oxygen atoms in total. The van der Waals surface area contributed by atoms with Crippen molar-refractivity contribution in [2.45, 2.75) is 45.8 Å². The Hall–Kier alpha value is -3.20. The highest BCUT2D eigenvalue weighted by Gasteiger charge is 2.24. The van der Waals surface area contributed by atoms with Crippen molar-refractivity contribution in [3.05, 3.63) is 47.5 Å². The van der Waals surface area contributed by atoms with E-state index in [-0.39, 0.29) is 28.9 Å². The number of rotatable bonds is 6. The molecule has 2 atom stereocenters. The van der Waals surface area contributed by atoms with Gasteiger partial charge in [0.2, 0.25) is 12.3 Å². The van der Waals surface area contributed by atoms with Gasteiger partial charge in [0.25, 0.3) is 0 Å². The van der Waals surface area contributed by atoms with Gasteiger partial charge in [-0.25, -0.2) is 8.78 Å². The third-order valence-electron chi connectivity index (χ3n) is 5.26. The van der Waals surface area contributed by atoms with E-state index in [1.54, 1.807) is 11.8 Å². The molecule has 4 N–H and O–H groups in total. The first kappa shape index (κ1) is 26.1. The van der Waals surface area contributed by atoms with E-state index in [2.05, 4.69) is 5.32 Å². The molecular formula is C24H30F2N2O5. The van der Waals surface area contributed by atoms with E-state index in [1.165, 1.54) is 18.2 Å². The first-order chi connectivity index (χ1) is 15.5. The van der Waals surface area contributed by atoms with Gasteiger partial charge in [-0.2, -0.15) is 0 Å². The summed E-state index contributed by atoms with van der Waals surface area (Å²) >= 11 is 0. The summed E-state index contributed by atoms with van der Waals surface area (Å²) in [7, 11) is 0. The number of aliphatic hydroxyl groups excluding tert-OH is 1. The second-order valence-corrected chi connectivity index (χ2v) is 8.44. The Labute approximate surface area is 191 Å². The number of nitrogens with zero attached hydrogens (tertiary/aromatic N) is 1. The van der Waals surface area contributed by atoms with E-state index in [4.69, 9.17) is 5.11 Å². The quantitative estimate of drug-likeness (QED) is 0.490. The van der Waals surface area contributed by atoms with Crippen LogP contribution >= 0.6 is 0 Å². The van der Waals surface area contributed by atoms with Crippen molar-refractivity contribution >= 4 is 12.3 Å². The lowest BCUT2D eigenvalue weighted by Crippen LogP contribution is -2.30. The predicted molar refractivity (Wildman–Crippen MR) is 119 cm³/mol. The predicted octanol–water partition coefficient (Wildman–Crippen LogP) is 3.48. The molecular weight excluding hydrogens is 434 g/mol. The fourth-order valence-electron chi connectivity index (χ4n) is 3.47. The summed E-state index contributed by atoms with van der Waals surface area (Å²) in [5.74, 6) is -2.09. The Bertz CT molecular complexity index is 984. The molecule has 2 aromatic rings. The monoisotopic (exact) mass is 464 g/mol. The maximum absolute atomic E-state index is 13.8. The molecule has 1 aliphatic rings. The number of phenols is 2. The number of phenolic OH excluding ortho intramolecular Hbond substituents is 2. The molecule has 1 saturated heterocycles. The van der Waals surface area contributed by atoms with Gasteiger partial charge in [0.05, 0.1) is 12.1 Å². The summed E-state index contributed by atoms with van der Waals surface area (Å²) < 4.78 is 27.1. The van der Waals surface area contributed by atoms with E-state index in [9.17, 15) is 28.6 Å². The van der Waals surface area contributed by atoms with E-state index in [1.807, 2.05) is 13.8 Å². The molecule has 0 bridgehead atoms. The average molecular weight is 465 g/mol. The molecule has 0 spiro atoms. The molecule has 0 aromatic heterocycles. The van der Waals surface area contributed by atoms with Crippen LogP contribution in [0.25, 0.3) is 11.1 Å². The van der Waals surface area contributed by atoms with Gasteiger partial charge < -0.3 is 25.5 Å². The van der Waals surface area contributed by atoms with Crippen LogP contribution in [0.2, 0.25) is 0 Å². The normalized spacial score (nSPS) is 16.2. The number of hydrogen-bond donors (Lipinski definition) is 4. The maximum atomic E-state index is 13.8. The molecule has 2 amide bonds. The third kappa shape index (κ3) is 7.15. The first-order valence-corrected chi connectivity index (χ1v) is 10.7. The van der Waals surface area contributed by atoms with E-state index < -0.39 is 23.4 Å². The molecule has 33 heavy (non-hydrogen) atoms. The van der Waals surface area contributed by atoms with E-state index >= 15 is 0 Å². The minimum atomic E-state index is -0.953. The first-order valence-electron chi connectivity index (χ1n) is 10.7. The molecule has 0 radical (unpaired) electrons. The Morgan fingerprint density at radius 3 is 2.39 bits per heavy atom. The van der Waals surface area contributed by atoms with Gasteiger partial charge in [-0.05, 0) is 37.0 Å². The van der Waals surface area contributed by atoms with Crippen molar-refractivity contribution in [3.8, 4) is 22.6 Å². The van der Waals surface area contributed by atoms with Crippen molar-refractivity contribution in [1.29, 1.82) is 0 Å². The van der Waals surface area contributed by atoms with Gasteiger partial charge in [-0.1, -0.05) is 26.0 Å². The van der Waals surface area contributed by atoms with Gasteiger partial charge in [0, 0.05) is 36.7 Å². The van der Waals surface area contributed by atoms with Crippen LogP contribution in [0.15, 0.2) is 30.3 Å². The number of β-amino-alcohol motifs (C(OH)–C–C–N with tert-alkyl or cyclic N) is 1. The lowest BCUT2D eigenvalue weighted by molar-refractivity contribution is -0.131. The minimum Gasteiger partial charge on any atom is -0.508 e. The smallest absolute Gasteiger partial charge is 0.222 e. The van der Waals surface area contributed by atoms with Crippen LogP contribution in [-0.4, -0.2) is 51.7 Å². The Morgan fingerprint density at radius 2 is 1.85 bits per heavy atom. The Kier molecular flexibility index (Phi) is 9.16. The lowest BCUT2D eigenvalue weighted by Gasteiger charge is -2.16. The molecule has 180 valence electrons. The van der Waals surface area contributed by atoms with Crippen LogP contribution in [0.1, 0.15) is 45.2 Å². The van der Waals surface area contributed by atoms with E-state index in [0.717, 1.165) is 19.0 Å². The Morgan fingerprint density at radius 1 is 1.15 bits per heavy atom. The number of carbonyl (C=O) groups excluding carboxylic acids is 2.